The number of amides is 1. The van der Waals surface area contributed by atoms with Crippen LogP contribution in [0, 0.1) is 5.92 Å². The summed E-state index contributed by atoms with van der Waals surface area (Å²) in [6.45, 7) is 6.20. The highest BCUT2D eigenvalue weighted by molar-refractivity contribution is 6.31. The van der Waals surface area contributed by atoms with Crippen LogP contribution in [-0.2, 0) is 11.3 Å². The third kappa shape index (κ3) is 5.04. The lowest BCUT2D eigenvalue weighted by Gasteiger charge is -2.14. The van der Waals surface area contributed by atoms with Gasteiger partial charge in [0.2, 0.25) is 5.91 Å². The van der Waals surface area contributed by atoms with Crippen LogP contribution < -0.4 is 10.6 Å². The molecule has 0 saturated carbocycles. The molecule has 5 heteroatoms. The number of hydrogen-bond donors (Lipinski definition) is 2. The zero-order valence-electron chi connectivity index (χ0n) is 17.7. The van der Waals surface area contributed by atoms with E-state index in [9.17, 15) is 4.79 Å². The number of hydrogen-bond acceptors (Lipinski definition) is 3. The van der Waals surface area contributed by atoms with Gasteiger partial charge in [-0.1, -0.05) is 74.0 Å². The molecule has 0 fully saturated rings. The second kappa shape index (κ2) is 9.46. The molecule has 1 atom stereocenters. The predicted molar refractivity (Wildman–Crippen MR) is 128 cm³/mol. The molecular formula is C26H26ClN3O. The van der Waals surface area contributed by atoms with Crippen LogP contribution in [0.5, 0.6) is 0 Å². The summed E-state index contributed by atoms with van der Waals surface area (Å²) in [6.07, 6.45) is 0. The van der Waals surface area contributed by atoms with Crippen LogP contribution in [0.15, 0.2) is 77.8 Å². The van der Waals surface area contributed by atoms with Crippen molar-refractivity contribution in [2.24, 2.45) is 10.9 Å². The highest BCUT2D eigenvalue weighted by Gasteiger charge is 2.35. The van der Waals surface area contributed by atoms with Crippen LogP contribution in [0.3, 0.4) is 0 Å². The van der Waals surface area contributed by atoms with Crippen molar-refractivity contribution in [3.63, 3.8) is 0 Å². The molecule has 1 aliphatic rings. The molecule has 1 unspecified atom stereocenters. The number of benzene rings is 3. The van der Waals surface area contributed by atoms with Crippen LogP contribution in [0.25, 0.3) is 0 Å². The van der Waals surface area contributed by atoms with Crippen molar-refractivity contribution in [3.8, 4) is 0 Å². The minimum Gasteiger partial charge on any atom is -0.325 e. The molecule has 0 spiro atoms. The average molecular weight is 432 g/mol. The molecule has 31 heavy (non-hydrogen) atoms. The summed E-state index contributed by atoms with van der Waals surface area (Å²) in [7, 11) is 0. The highest BCUT2D eigenvalue weighted by atomic mass is 35.5. The summed E-state index contributed by atoms with van der Waals surface area (Å²) in [5.74, 6) is 0.0454. The predicted octanol–water partition coefficient (Wildman–Crippen LogP) is 5.94. The Labute approximate surface area is 188 Å². The summed E-state index contributed by atoms with van der Waals surface area (Å²) in [4.78, 5) is 17.9. The fourth-order valence-electron chi connectivity index (χ4n) is 3.74. The number of anilines is 1. The lowest BCUT2D eigenvalue weighted by atomic mass is 9.90. The van der Waals surface area contributed by atoms with Gasteiger partial charge in [-0.05, 0) is 53.4 Å². The number of carbonyl (C=O) groups excluding carboxylic acids is 1. The molecule has 1 heterocycles. The normalized spacial score (nSPS) is 15.8. The first-order valence-electron chi connectivity index (χ1n) is 10.6. The van der Waals surface area contributed by atoms with Crippen LogP contribution in [0.1, 0.15) is 36.5 Å². The largest absolute Gasteiger partial charge is 0.325 e. The van der Waals surface area contributed by atoms with Gasteiger partial charge in [-0.15, -0.1) is 0 Å². The number of aliphatic imine (C=N–C) groups is 1. The number of fused-ring (bicyclic) bond motifs is 1. The Morgan fingerprint density at radius 3 is 2.52 bits per heavy atom. The number of nitrogens with zero attached hydrogens (tertiary/aromatic N) is 1. The van der Waals surface area contributed by atoms with Gasteiger partial charge in [-0.2, -0.15) is 0 Å². The monoisotopic (exact) mass is 431 g/mol. The molecule has 0 saturated heterocycles. The molecule has 4 rings (SSSR count). The van der Waals surface area contributed by atoms with Gasteiger partial charge in [0.25, 0.3) is 0 Å². The fraction of sp³-hybridized carbons (Fsp3) is 0.231. The summed E-state index contributed by atoms with van der Waals surface area (Å²) in [5, 5.41) is 7.00. The molecule has 2 N–H and O–H groups in total. The van der Waals surface area contributed by atoms with Gasteiger partial charge in [0.05, 0.1) is 11.4 Å². The molecular weight excluding hydrogens is 406 g/mol. The summed E-state index contributed by atoms with van der Waals surface area (Å²) >= 11 is 6.13. The van der Waals surface area contributed by atoms with Crippen molar-refractivity contribution < 1.29 is 4.79 Å². The van der Waals surface area contributed by atoms with E-state index in [1.54, 1.807) is 6.07 Å². The number of nitrogens with one attached hydrogen (secondary N) is 2. The Hall–Kier alpha value is -2.95. The summed E-state index contributed by atoms with van der Waals surface area (Å²) in [6, 6.07) is 23.5. The first kappa shape index (κ1) is 21.3. The maximum atomic E-state index is 12.9. The van der Waals surface area contributed by atoms with Gasteiger partial charge in [0, 0.05) is 17.3 Å². The van der Waals surface area contributed by atoms with Crippen molar-refractivity contribution in [1.29, 1.82) is 0 Å². The summed E-state index contributed by atoms with van der Waals surface area (Å²) in [5.41, 5.74) is 5.32. The average Bonchev–Trinajstić information content (AvgIpc) is 3.08. The smallest absolute Gasteiger partial charge is 0.238 e. The van der Waals surface area contributed by atoms with Crippen molar-refractivity contribution in [1.82, 2.24) is 5.32 Å². The maximum Gasteiger partial charge on any atom is 0.238 e. The van der Waals surface area contributed by atoms with Gasteiger partial charge in [0.1, 0.15) is 5.92 Å². The molecule has 1 amide bonds. The van der Waals surface area contributed by atoms with Gasteiger partial charge < -0.3 is 10.6 Å². The molecule has 4 nitrogen and oxygen atoms in total. The third-order valence-corrected chi connectivity index (χ3v) is 5.49. The van der Waals surface area contributed by atoms with E-state index in [1.165, 1.54) is 5.56 Å². The second-order valence-corrected chi connectivity index (χ2v) is 8.64. The van der Waals surface area contributed by atoms with E-state index in [2.05, 4.69) is 36.6 Å². The zero-order valence-corrected chi connectivity index (χ0v) is 18.5. The van der Waals surface area contributed by atoms with Gasteiger partial charge in [-0.25, -0.2) is 0 Å². The molecule has 3 aromatic carbocycles. The summed E-state index contributed by atoms with van der Waals surface area (Å²) < 4.78 is 0. The van der Waals surface area contributed by atoms with Crippen LogP contribution in [-0.4, -0.2) is 18.2 Å². The number of rotatable bonds is 7. The first-order valence-corrected chi connectivity index (χ1v) is 10.9. The third-order valence-electron chi connectivity index (χ3n) is 5.26. The van der Waals surface area contributed by atoms with Crippen molar-refractivity contribution in [3.05, 3.63) is 94.5 Å². The van der Waals surface area contributed by atoms with Crippen molar-refractivity contribution in [2.45, 2.75) is 26.3 Å². The molecule has 0 radical (unpaired) electrons. The van der Waals surface area contributed by atoms with Gasteiger partial charge >= 0.3 is 0 Å². The first-order chi connectivity index (χ1) is 15.0. The molecule has 3 aromatic rings. The molecule has 0 aliphatic carbocycles. The molecule has 0 bridgehead atoms. The van der Waals surface area contributed by atoms with Crippen molar-refractivity contribution in [2.75, 3.05) is 11.9 Å². The molecule has 1 aliphatic heterocycles. The van der Waals surface area contributed by atoms with Crippen LogP contribution >= 0.6 is 11.6 Å². The van der Waals surface area contributed by atoms with Crippen LogP contribution in [0.4, 0.5) is 11.4 Å². The SMILES string of the molecule is CC(C)CNCc1ccc(N=C(c2ccccc2)C2C(=O)Nc3cc(Cl)ccc32)cc1. The number of halogens is 1. The van der Waals surface area contributed by atoms with E-state index in [1.807, 2.05) is 54.6 Å². The quantitative estimate of drug-likeness (QED) is 0.454. The Kier molecular flexibility index (Phi) is 6.50. The lowest BCUT2D eigenvalue weighted by Crippen LogP contribution is -2.22. The van der Waals surface area contributed by atoms with E-state index in [4.69, 9.17) is 16.6 Å². The molecule has 158 valence electrons. The van der Waals surface area contributed by atoms with Gasteiger partial charge in [0.15, 0.2) is 0 Å². The highest BCUT2D eigenvalue weighted by Crippen LogP contribution is 2.37. The molecule has 0 aromatic heterocycles. The lowest BCUT2D eigenvalue weighted by molar-refractivity contribution is -0.115. The Morgan fingerprint density at radius 1 is 1.06 bits per heavy atom. The van der Waals surface area contributed by atoms with Gasteiger partial charge in [-0.3, -0.25) is 9.79 Å². The van der Waals surface area contributed by atoms with E-state index in [-0.39, 0.29) is 5.91 Å². The topological polar surface area (TPSA) is 53.5 Å². The minimum atomic E-state index is -0.484. The zero-order chi connectivity index (χ0) is 21.8. The van der Waals surface area contributed by atoms with Crippen molar-refractivity contribution >= 4 is 34.6 Å². The Bertz CT molecular complexity index is 1090. The maximum absolute atomic E-state index is 12.9. The number of carbonyl (C=O) groups is 1. The standard InChI is InChI=1S/C26H26ClN3O/c1-17(2)15-28-16-18-8-11-21(12-9-18)29-25(19-6-4-3-5-7-19)24-22-13-10-20(27)14-23(22)30-26(24)31/h3-14,17,24,28H,15-16H2,1-2H3,(H,30,31). The minimum absolute atomic E-state index is 0.0885. The van der Waals surface area contributed by atoms with Crippen LogP contribution in [0.2, 0.25) is 5.02 Å². The fourth-order valence-corrected chi connectivity index (χ4v) is 3.92. The van der Waals surface area contributed by atoms with E-state index >= 15 is 0 Å². The van der Waals surface area contributed by atoms with E-state index < -0.39 is 5.92 Å². The Balaban J connectivity index is 1.67. The van der Waals surface area contributed by atoms with E-state index in [0.29, 0.717) is 10.9 Å². The Morgan fingerprint density at radius 2 is 1.81 bits per heavy atom. The van der Waals surface area contributed by atoms with E-state index in [0.717, 1.165) is 41.3 Å². The second-order valence-electron chi connectivity index (χ2n) is 8.21.